The summed E-state index contributed by atoms with van der Waals surface area (Å²) in [5, 5.41) is 15.1. The summed E-state index contributed by atoms with van der Waals surface area (Å²) in [5.41, 5.74) is -0.284. The van der Waals surface area contributed by atoms with Gasteiger partial charge in [-0.1, -0.05) is 29.4 Å². The maximum atomic E-state index is 12.8. The highest BCUT2D eigenvalue weighted by Crippen LogP contribution is 2.46. The maximum Gasteiger partial charge on any atom is 0.353 e. The minimum absolute atomic E-state index is 0.103. The van der Waals surface area contributed by atoms with Gasteiger partial charge in [-0.05, 0) is 29.6 Å². The van der Waals surface area contributed by atoms with Gasteiger partial charge in [-0.3, -0.25) is 19.3 Å². The minimum atomic E-state index is -1.22. The molecule has 2 amide bonds. The second kappa shape index (κ2) is 9.38. The van der Waals surface area contributed by atoms with Crippen molar-refractivity contribution in [3.05, 3.63) is 72.5 Å². The van der Waals surface area contributed by atoms with Crippen molar-refractivity contribution in [2.75, 3.05) is 5.75 Å². The molecule has 2 aliphatic heterocycles. The average molecular weight is 551 g/mol. The number of rotatable bonds is 6. The van der Waals surface area contributed by atoms with Crippen LogP contribution in [0, 0.1) is 0 Å². The van der Waals surface area contributed by atoms with Gasteiger partial charge in [0.2, 0.25) is 5.91 Å². The molecule has 0 spiro atoms. The van der Waals surface area contributed by atoms with Crippen molar-refractivity contribution in [3.63, 3.8) is 0 Å². The van der Waals surface area contributed by atoms with Gasteiger partial charge in [-0.2, -0.15) is 0 Å². The molecule has 3 aromatic rings. The molecule has 2 atom stereocenters. The zero-order valence-electron chi connectivity index (χ0n) is 17.1. The summed E-state index contributed by atoms with van der Waals surface area (Å²) < 4.78 is 1.32. The Bertz CT molecular complexity index is 1420. The Morgan fingerprint density at radius 1 is 1.24 bits per heavy atom. The molecule has 2 aromatic heterocycles. The quantitative estimate of drug-likeness (QED) is 0.447. The zero-order chi connectivity index (χ0) is 24.0. The highest BCUT2D eigenvalue weighted by molar-refractivity contribution is 8.07. The molecule has 174 valence electrons. The lowest BCUT2D eigenvalue weighted by Crippen LogP contribution is -2.70. The van der Waals surface area contributed by atoms with E-state index in [1.54, 1.807) is 18.2 Å². The van der Waals surface area contributed by atoms with Gasteiger partial charge < -0.3 is 10.4 Å². The second-order valence-electron chi connectivity index (χ2n) is 7.46. The first-order valence-corrected chi connectivity index (χ1v) is 13.9. The number of carbonyl (C=O) groups excluding carboxylic acids is 2. The molecule has 2 aliphatic rings. The first kappa shape index (κ1) is 23.4. The Balaban J connectivity index is 1.38. The van der Waals surface area contributed by atoms with Crippen LogP contribution in [0.1, 0.15) is 4.88 Å². The smallest absolute Gasteiger partial charge is 0.353 e. The largest absolute Gasteiger partial charge is 0.477 e. The number of nitrogens with one attached hydrogen (secondary N) is 1. The Morgan fingerprint density at radius 3 is 2.79 bits per heavy atom. The highest BCUT2D eigenvalue weighted by atomic mass is 35.5. The topological polar surface area (TPSA) is 104 Å². The van der Waals surface area contributed by atoms with E-state index < -0.39 is 23.3 Å². The van der Waals surface area contributed by atoms with Crippen molar-refractivity contribution in [1.29, 1.82) is 0 Å². The number of carboxylic acid groups (broad SMARTS) is 1. The van der Waals surface area contributed by atoms with E-state index in [4.69, 9.17) is 11.6 Å². The molecule has 0 aliphatic carbocycles. The molecule has 1 fully saturated rings. The third-order valence-corrected chi connectivity index (χ3v) is 10.1. The van der Waals surface area contributed by atoms with E-state index in [0.29, 0.717) is 30.0 Å². The van der Waals surface area contributed by atoms with Crippen molar-refractivity contribution in [2.24, 2.45) is 0 Å². The average Bonchev–Trinajstić information content (AvgIpc) is 3.29. The predicted molar refractivity (Wildman–Crippen MR) is 137 cm³/mol. The minimum Gasteiger partial charge on any atom is -0.477 e. The Hall–Kier alpha value is -2.31. The molecule has 0 bridgehead atoms. The number of hydrogen-bond acceptors (Lipinski definition) is 8. The van der Waals surface area contributed by atoms with Crippen molar-refractivity contribution < 1.29 is 19.5 Å². The van der Waals surface area contributed by atoms with Crippen LogP contribution in [0.15, 0.2) is 61.4 Å². The first-order chi connectivity index (χ1) is 16.3. The van der Waals surface area contributed by atoms with E-state index in [-0.39, 0.29) is 23.5 Å². The molecule has 1 aromatic carbocycles. The number of carbonyl (C=O) groups is 3. The summed E-state index contributed by atoms with van der Waals surface area (Å²) in [6.07, 6.45) is 0.173. The highest BCUT2D eigenvalue weighted by Gasteiger charge is 2.54. The molecule has 2 N–H and O–H groups in total. The molecule has 5 rings (SSSR count). The molecule has 4 heterocycles. The number of hydrogen-bond donors (Lipinski definition) is 2. The summed E-state index contributed by atoms with van der Waals surface area (Å²) in [6, 6.07) is 9.42. The molecule has 1 unspecified atom stereocenters. The molecule has 1 saturated heterocycles. The van der Waals surface area contributed by atoms with Crippen LogP contribution < -0.4 is 10.7 Å². The van der Waals surface area contributed by atoms with E-state index in [0.717, 1.165) is 4.88 Å². The van der Waals surface area contributed by atoms with Gasteiger partial charge in [0.1, 0.15) is 17.1 Å². The number of amides is 2. The van der Waals surface area contributed by atoms with Gasteiger partial charge in [0.05, 0.1) is 10.6 Å². The van der Waals surface area contributed by atoms with Crippen LogP contribution in [0.2, 0.25) is 5.02 Å². The summed E-state index contributed by atoms with van der Waals surface area (Å²) in [7, 11) is 0. The van der Waals surface area contributed by atoms with Gasteiger partial charge in [0.15, 0.2) is 5.43 Å². The summed E-state index contributed by atoms with van der Waals surface area (Å²) in [6.45, 7) is 0. The van der Waals surface area contributed by atoms with E-state index in [2.05, 4.69) is 5.32 Å². The second-order valence-corrected chi connectivity index (χ2v) is 12.5. The molecule has 0 radical (unpaired) electrons. The lowest BCUT2D eigenvalue weighted by Gasteiger charge is -2.49. The fraction of sp³-hybridized carbons (Fsp3) is 0.182. The third-order valence-electron chi connectivity index (χ3n) is 5.26. The Labute approximate surface area is 214 Å². The van der Waals surface area contributed by atoms with E-state index in [1.807, 2.05) is 17.5 Å². The zero-order valence-corrected chi connectivity index (χ0v) is 21.2. The summed E-state index contributed by atoms with van der Waals surface area (Å²) in [4.78, 5) is 52.4. The lowest BCUT2D eigenvalue weighted by molar-refractivity contribution is -0.150. The van der Waals surface area contributed by atoms with Crippen LogP contribution in [0.25, 0.3) is 10.1 Å². The van der Waals surface area contributed by atoms with Crippen LogP contribution in [-0.4, -0.2) is 45.0 Å². The van der Waals surface area contributed by atoms with Gasteiger partial charge in [-0.15, -0.1) is 34.4 Å². The van der Waals surface area contributed by atoms with Crippen molar-refractivity contribution in [1.82, 2.24) is 10.2 Å². The summed E-state index contributed by atoms with van der Waals surface area (Å²) in [5.74, 6) is -1.61. The van der Waals surface area contributed by atoms with Gasteiger partial charge in [-0.25, -0.2) is 4.79 Å². The standard InChI is InChI=1S/C22H15ClN2O5S4/c23-10-3-4-12-13(26)8-17(33-14(12)6-10)34-15-9-32-21-18(20(28)25(21)19(15)22(29)30)24-16(27)7-11-2-1-5-31-11/h1-6,8,18,21H,7,9H2,(H,24,27)(H,29,30)/t18?,21-/m1/s1. The normalized spacial score (nSPS) is 19.7. The molecule has 0 saturated carbocycles. The summed E-state index contributed by atoms with van der Waals surface area (Å²) >= 11 is 11.4. The van der Waals surface area contributed by atoms with Gasteiger partial charge >= 0.3 is 5.97 Å². The number of carboxylic acids is 1. The van der Waals surface area contributed by atoms with E-state index in [1.165, 1.54) is 57.2 Å². The van der Waals surface area contributed by atoms with Crippen LogP contribution in [0.5, 0.6) is 0 Å². The Kier molecular flexibility index (Phi) is 6.47. The fourth-order valence-corrected chi connectivity index (χ4v) is 8.59. The number of fused-ring (bicyclic) bond motifs is 2. The van der Waals surface area contributed by atoms with Crippen LogP contribution in [0.4, 0.5) is 0 Å². The number of aliphatic carboxylic acids is 1. The lowest BCUT2D eigenvalue weighted by atomic mass is 10.0. The van der Waals surface area contributed by atoms with Crippen LogP contribution in [0.3, 0.4) is 0 Å². The number of thiophene rings is 1. The SMILES string of the molecule is O=C(Cc1cccs1)NC1C(=O)N2C(C(=O)O)=C(Sc3cc(=O)c4ccc(Cl)cc4s3)CS[C@H]12. The maximum absolute atomic E-state index is 12.8. The van der Waals surface area contributed by atoms with E-state index in [9.17, 15) is 24.3 Å². The molecule has 12 heteroatoms. The number of halogens is 1. The van der Waals surface area contributed by atoms with Crippen LogP contribution in [-0.2, 0) is 20.8 Å². The number of benzene rings is 1. The number of β-lactam (4-membered cyclic amide) rings is 1. The molecular formula is C22H15ClN2O5S4. The number of nitrogens with zero attached hydrogens (tertiary/aromatic N) is 1. The van der Waals surface area contributed by atoms with Crippen molar-refractivity contribution in [3.8, 4) is 0 Å². The first-order valence-electron chi connectivity index (χ1n) is 9.96. The van der Waals surface area contributed by atoms with Crippen molar-refractivity contribution in [2.45, 2.75) is 22.0 Å². The molecule has 34 heavy (non-hydrogen) atoms. The predicted octanol–water partition coefficient (Wildman–Crippen LogP) is 4.01. The molecule has 7 nitrogen and oxygen atoms in total. The monoisotopic (exact) mass is 550 g/mol. The van der Waals surface area contributed by atoms with Crippen LogP contribution >= 0.6 is 57.8 Å². The molecular weight excluding hydrogens is 536 g/mol. The number of thioether (sulfide) groups is 2. The van der Waals surface area contributed by atoms with E-state index >= 15 is 0 Å². The van der Waals surface area contributed by atoms with Gasteiger partial charge in [0.25, 0.3) is 5.91 Å². The third kappa shape index (κ3) is 4.38. The Morgan fingerprint density at radius 2 is 2.06 bits per heavy atom. The van der Waals surface area contributed by atoms with Crippen molar-refractivity contribution >= 4 is 85.7 Å². The fourth-order valence-electron chi connectivity index (χ4n) is 3.74. The van der Waals surface area contributed by atoms with Gasteiger partial charge in [0, 0.05) is 36.7 Å².